The Hall–Kier alpha value is -0.570. The van der Waals surface area contributed by atoms with Crippen molar-refractivity contribution in [3.8, 4) is 0 Å². The van der Waals surface area contributed by atoms with E-state index in [4.69, 9.17) is 10.8 Å². The Morgan fingerprint density at radius 1 is 1.36 bits per heavy atom. The van der Waals surface area contributed by atoms with Gasteiger partial charge in [0.2, 0.25) is 0 Å². The van der Waals surface area contributed by atoms with Crippen molar-refractivity contribution in [1.29, 1.82) is 0 Å². The molecule has 2 bridgehead atoms. The molecule has 3 heteroatoms. The molecule has 11 heavy (non-hydrogen) atoms. The Morgan fingerprint density at radius 3 is 2.45 bits per heavy atom. The van der Waals surface area contributed by atoms with Gasteiger partial charge in [-0.15, -0.1) is 0 Å². The molecular formula is C8H13NO2. The van der Waals surface area contributed by atoms with E-state index in [0.717, 1.165) is 19.3 Å². The van der Waals surface area contributed by atoms with E-state index in [-0.39, 0.29) is 17.9 Å². The topological polar surface area (TPSA) is 63.3 Å². The van der Waals surface area contributed by atoms with Crippen LogP contribution in [0.4, 0.5) is 0 Å². The van der Waals surface area contributed by atoms with Gasteiger partial charge in [0, 0.05) is 6.04 Å². The second-order valence-corrected chi connectivity index (χ2v) is 3.85. The van der Waals surface area contributed by atoms with E-state index in [0.29, 0.717) is 5.92 Å². The van der Waals surface area contributed by atoms with Crippen LogP contribution in [0.15, 0.2) is 0 Å². The number of carboxylic acid groups (broad SMARTS) is 1. The van der Waals surface area contributed by atoms with Crippen molar-refractivity contribution in [3.63, 3.8) is 0 Å². The van der Waals surface area contributed by atoms with Gasteiger partial charge in [-0.25, -0.2) is 0 Å². The largest absolute Gasteiger partial charge is 0.481 e. The van der Waals surface area contributed by atoms with Gasteiger partial charge in [-0.3, -0.25) is 4.79 Å². The summed E-state index contributed by atoms with van der Waals surface area (Å²) in [5, 5.41) is 8.80. The highest BCUT2D eigenvalue weighted by molar-refractivity contribution is 5.71. The molecule has 2 rings (SSSR count). The number of carbonyl (C=O) groups is 1. The Morgan fingerprint density at radius 2 is 2.09 bits per heavy atom. The van der Waals surface area contributed by atoms with E-state index < -0.39 is 5.97 Å². The molecule has 2 saturated carbocycles. The number of rotatable bonds is 1. The third-order valence-corrected chi connectivity index (χ3v) is 3.18. The van der Waals surface area contributed by atoms with Gasteiger partial charge < -0.3 is 10.8 Å². The first-order chi connectivity index (χ1) is 5.18. The fourth-order valence-electron chi connectivity index (χ4n) is 2.69. The van der Waals surface area contributed by atoms with Crippen LogP contribution in [0.5, 0.6) is 0 Å². The minimum absolute atomic E-state index is 0.135. The highest BCUT2D eigenvalue weighted by Crippen LogP contribution is 2.47. The van der Waals surface area contributed by atoms with E-state index in [1.165, 1.54) is 0 Å². The average Bonchev–Trinajstić information content (AvgIpc) is 2.43. The lowest BCUT2D eigenvalue weighted by molar-refractivity contribution is -0.143. The molecule has 0 aromatic carbocycles. The molecule has 3 unspecified atom stereocenters. The molecule has 0 aromatic heterocycles. The zero-order valence-corrected chi connectivity index (χ0v) is 6.36. The number of nitrogens with two attached hydrogens (primary N) is 1. The first kappa shape index (κ1) is 7.10. The molecule has 0 amide bonds. The van der Waals surface area contributed by atoms with Gasteiger partial charge in [0.15, 0.2) is 0 Å². The molecule has 4 atom stereocenters. The maximum atomic E-state index is 10.7. The van der Waals surface area contributed by atoms with Crippen LogP contribution >= 0.6 is 0 Å². The van der Waals surface area contributed by atoms with Gasteiger partial charge in [-0.1, -0.05) is 0 Å². The summed E-state index contributed by atoms with van der Waals surface area (Å²) in [6.07, 6.45) is 2.97. The number of aliphatic carboxylic acids is 1. The van der Waals surface area contributed by atoms with Crippen molar-refractivity contribution in [3.05, 3.63) is 0 Å². The smallest absolute Gasteiger partial charge is 0.306 e. The Labute approximate surface area is 65.6 Å². The maximum Gasteiger partial charge on any atom is 0.306 e. The Balaban J connectivity index is 2.12. The Kier molecular flexibility index (Phi) is 1.42. The van der Waals surface area contributed by atoms with Crippen LogP contribution in [0.2, 0.25) is 0 Å². The summed E-state index contributed by atoms with van der Waals surface area (Å²) in [5.41, 5.74) is 5.78. The number of hydrogen-bond donors (Lipinski definition) is 2. The highest BCUT2D eigenvalue weighted by atomic mass is 16.4. The van der Waals surface area contributed by atoms with Crippen LogP contribution in [0.1, 0.15) is 19.3 Å². The van der Waals surface area contributed by atoms with Gasteiger partial charge >= 0.3 is 5.97 Å². The molecule has 3 nitrogen and oxygen atoms in total. The van der Waals surface area contributed by atoms with E-state index >= 15 is 0 Å². The van der Waals surface area contributed by atoms with Crippen molar-refractivity contribution in [1.82, 2.24) is 0 Å². The van der Waals surface area contributed by atoms with Gasteiger partial charge in [-0.2, -0.15) is 0 Å². The van der Waals surface area contributed by atoms with Crippen molar-refractivity contribution in [2.45, 2.75) is 25.3 Å². The molecule has 2 fully saturated rings. The SMILES string of the molecule is NC1CC2CC(C(=O)O)[C@@H]1C2. The van der Waals surface area contributed by atoms with Crippen LogP contribution in [0.3, 0.4) is 0 Å². The molecule has 0 heterocycles. The summed E-state index contributed by atoms with van der Waals surface area (Å²) in [6, 6.07) is 0.162. The van der Waals surface area contributed by atoms with Gasteiger partial charge in [-0.05, 0) is 31.1 Å². The molecule has 2 aliphatic rings. The lowest BCUT2D eigenvalue weighted by Crippen LogP contribution is -2.35. The summed E-state index contributed by atoms with van der Waals surface area (Å²) < 4.78 is 0. The van der Waals surface area contributed by atoms with E-state index in [9.17, 15) is 4.79 Å². The molecule has 3 N–H and O–H groups in total. The summed E-state index contributed by atoms with van der Waals surface area (Å²) in [4.78, 5) is 10.7. The first-order valence-electron chi connectivity index (χ1n) is 4.17. The summed E-state index contributed by atoms with van der Waals surface area (Å²) >= 11 is 0. The molecule has 62 valence electrons. The minimum Gasteiger partial charge on any atom is -0.481 e. The molecule has 0 spiro atoms. The fraction of sp³-hybridized carbons (Fsp3) is 0.875. The van der Waals surface area contributed by atoms with Crippen molar-refractivity contribution >= 4 is 5.97 Å². The monoisotopic (exact) mass is 155 g/mol. The molecule has 2 aliphatic carbocycles. The zero-order chi connectivity index (χ0) is 8.01. The second-order valence-electron chi connectivity index (χ2n) is 3.85. The maximum absolute atomic E-state index is 10.7. The molecular weight excluding hydrogens is 142 g/mol. The number of fused-ring (bicyclic) bond motifs is 2. The lowest BCUT2D eigenvalue weighted by Gasteiger charge is -2.23. The standard InChI is InChI=1S/C8H13NO2/c9-7-3-4-1-5(7)6(2-4)8(10)11/h4-7H,1-3,9H2,(H,10,11)/t4?,5-,6?,7?/m0/s1. The second kappa shape index (κ2) is 2.21. The van der Waals surface area contributed by atoms with E-state index in [2.05, 4.69) is 0 Å². The third-order valence-electron chi connectivity index (χ3n) is 3.18. The summed E-state index contributed by atoms with van der Waals surface area (Å²) in [7, 11) is 0. The van der Waals surface area contributed by atoms with Gasteiger partial charge in [0.05, 0.1) is 5.92 Å². The number of hydrogen-bond acceptors (Lipinski definition) is 2. The van der Waals surface area contributed by atoms with Crippen LogP contribution in [0, 0.1) is 17.8 Å². The van der Waals surface area contributed by atoms with E-state index in [1.807, 2.05) is 0 Å². The summed E-state index contributed by atoms with van der Waals surface area (Å²) in [5.74, 6) is 0.102. The van der Waals surface area contributed by atoms with Crippen LogP contribution in [0.25, 0.3) is 0 Å². The molecule has 0 aliphatic heterocycles. The van der Waals surface area contributed by atoms with Crippen LogP contribution < -0.4 is 5.73 Å². The lowest BCUT2D eigenvalue weighted by atomic mass is 9.86. The first-order valence-corrected chi connectivity index (χ1v) is 4.17. The summed E-state index contributed by atoms with van der Waals surface area (Å²) in [6.45, 7) is 0. The van der Waals surface area contributed by atoms with Crippen LogP contribution in [-0.4, -0.2) is 17.1 Å². The molecule has 0 radical (unpaired) electrons. The van der Waals surface area contributed by atoms with E-state index in [1.54, 1.807) is 0 Å². The van der Waals surface area contributed by atoms with Crippen molar-refractivity contribution in [2.75, 3.05) is 0 Å². The molecule has 0 saturated heterocycles. The van der Waals surface area contributed by atoms with Gasteiger partial charge in [0.1, 0.15) is 0 Å². The van der Waals surface area contributed by atoms with Crippen molar-refractivity contribution < 1.29 is 9.90 Å². The van der Waals surface area contributed by atoms with Gasteiger partial charge in [0.25, 0.3) is 0 Å². The molecule has 0 aromatic rings. The zero-order valence-electron chi connectivity index (χ0n) is 6.36. The predicted molar refractivity (Wildman–Crippen MR) is 39.9 cm³/mol. The van der Waals surface area contributed by atoms with Crippen LogP contribution in [-0.2, 0) is 4.79 Å². The fourth-order valence-corrected chi connectivity index (χ4v) is 2.69. The quantitative estimate of drug-likeness (QED) is 0.577. The third kappa shape index (κ3) is 0.948. The minimum atomic E-state index is -0.646. The average molecular weight is 155 g/mol. The Bertz CT molecular complexity index is 193. The predicted octanol–water partition coefficient (Wildman–Crippen LogP) is 0.444. The van der Waals surface area contributed by atoms with Crippen molar-refractivity contribution in [2.24, 2.45) is 23.5 Å². The normalized spacial score (nSPS) is 48.1. The highest BCUT2D eigenvalue weighted by Gasteiger charge is 2.47. The number of carboxylic acids is 1.